The van der Waals surface area contributed by atoms with Gasteiger partial charge in [0, 0.05) is 36.2 Å². The monoisotopic (exact) mass is 542 g/mol. The summed E-state index contributed by atoms with van der Waals surface area (Å²) < 4.78 is 12.0. The first-order valence-electron chi connectivity index (χ1n) is 12.1. The Morgan fingerprint density at radius 2 is 1.86 bits per heavy atom. The SMILES string of the molecule is CCCCOc1ccc(/C(O)=C2\C(=O)C(=O)N(CCN3CCOCC3)C2c2cccc(Br)c2)cc1. The molecule has 8 heteroatoms. The van der Waals surface area contributed by atoms with Crippen molar-refractivity contribution in [2.75, 3.05) is 46.0 Å². The number of hydrogen-bond acceptors (Lipinski definition) is 6. The molecule has 0 aliphatic carbocycles. The Bertz CT molecular complexity index is 1080. The summed E-state index contributed by atoms with van der Waals surface area (Å²) in [6.07, 6.45) is 2.00. The number of nitrogens with zero attached hydrogens (tertiary/aromatic N) is 2. The maximum atomic E-state index is 13.2. The molecule has 2 aliphatic heterocycles. The van der Waals surface area contributed by atoms with Crippen LogP contribution in [0.4, 0.5) is 0 Å². The molecule has 4 rings (SSSR count). The zero-order valence-corrected chi connectivity index (χ0v) is 21.5. The fraction of sp³-hybridized carbons (Fsp3) is 0.407. The number of aliphatic hydroxyl groups excluding tert-OH is 1. The Morgan fingerprint density at radius 3 is 2.54 bits per heavy atom. The molecule has 1 unspecified atom stereocenters. The van der Waals surface area contributed by atoms with Crippen LogP contribution in [0.3, 0.4) is 0 Å². The molecule has 7 nitrogen and oxygen atoms in total. The van der Waals surface area contributed by atoms with E-state index in [0.29, 0.717) is 44.2 Å². The number of ether oxygens (including phenoxy) is 2. The minimum absolute atomic E-state index is 0.106. The average molecular weight is 543 g/mol. The van der Waals surface area contributed by atoms with Crippen LogP contribution in [0.2, 0.25) is 0 Å². The summed E-state index contributed by atoms with van der Waals surface area (Å²) in [5.41, 5.74) is 1.34. The molecule has 0 saturated carbocycles. The summed E-state index contributed by atoms with van der Waals surface area (Å²) in [5, 5.41) is 11.2. The van der Waals surface area contributed by atoms with Gasteiger partial charge in [-0.25, -0.2) is 0 Å². The quantitative estimate of drug-likeness (QED) is 0.219. The van der Waals surface area contributed by atoms with Crippen molar-refractivity contribution in [3.63, 3.8) is 0 Å². The van der Waals surface area contributed by atoms with E-state index in [0.717, 1.165) is 36.0 Å². The number of ketones is 1. The first-order valence-corrected chi connectivity index (χ1v) is 12.9. The van der Waals surface area contributed by atoms with Crippen LogP contribution in [0.5, 0.6) is 5.75 Å². The highest BCUT2D eigenvalue weighted by Gasteiger charge is 2.46. The lowest BCUT2D eigenvalue weighted by atomic mass is 9.95. The van der Waals surface area contributed by atoms with E-state index < -0.39 is 17.7 Å². The Balaban J connectivity index is 1.65. The Morgan fingerprint density at radius 1 is 1.11 bits per heavy atom. The molecular formula is C27H31BrN2O5. The van der Waals surface area contributed by atoms with Crippen molar-refractivity contribution in [3.8, 4) is 5.75 Å². The second-order valence-corrected chi connectivity index (χ2v) is 9.64. The molecule has 2 aromatic carbocycles. The number of Topliss-reactive ketones (excluding diaryl/α,β-unsaturated/α-hetero) is 1. The van der Waals surface area contributed by atoms with E-state index in [1.54, 1.807) is 29.2 Å². The lowest BCUT2D eigenvalue weighted by Gasteiger charge is -2.31. The Kier molecular flexibility index (Phi) is 8.59. The number of unbranched alkanes of at least 4 members (excludes halogenated alkanes) is 1. The van der Waals surface area contributed by atoms with Crippen LogP contribution in [0.15, 0.2) is 58.6 Å². The number of halogens is 1. The van der Waals surface area contributed by atoms with E-state index in [4.69, 9.17) is 9.47 Å². The van der Waals surface area contributed by atoms with Crippen LogP contribution < -0.4 is 4.74 Å². The molecule has 1 amide bonds. The molecule has 2 aliphatic rings. The highest BCUT2D eigenvalue weighted by molar-refractivity contribution is 9.10. The molecule has 0 radical (unpaired) electrons. The number of benzene rings is 2. The maximum absolute atomic E-state index is 13.2. The third kappa shape index (κ3) is 5.94. The van der Waals surface area contributed by atoms with Gasteiger partial charge in [-0.1, -0.05) is 41.4 Å². The van der Waals surface area contributed by atoms with Crippen molar-refractivity contribution in [1.82, 2.24) is 9.80 Å². The zero-order valence-electron chi connectivity index (χ0n) is 19.9. The first-order chi connectivity index (χ1) is 17.0. The second kappa shape index (κ2) is 11.8. The molecule has 0 bridgehead atoms. The summed E-state index contributed by atoms with van der Waals surface area (Å²) >= 11 is 3.49. The molecule has 2 fully saturated rings. The molecule has 2 aromatic rings. The number of morpholine rings is 1. The first kappa shape index (κ1) is 25.4. The van der Waals surface area contributed by atoms with Crippen molar-refractivity contribution in [2.45, 2.75) is 25.8 Å². The highest BCUT2D eigenvalue weighted by atomic mass is 79.9. The number of carbonyl (C=O) groups is 2. The second-order valence-electron chi connectivity index (χ2n) is 8.73. The minimum atomic E-state index is -0.672. The predicted octanol–water partition coefficient (Wildman–Crippen LogP) is 4.38. The van der Waals surface area contributed by atoms with Crippen molar-refractivity contribution >= 4 is 33.4 Å². The lowest BCUT2D eigenvalue weighted by Crippen LogP contribution is -2.42. The minimum Gasteiger partial charge on any atom is -0.507 e. The van der Waals surface area contributed by atoms with Gasteiger partial charge in [0.25, 0.3) is 11.7 Å². The smallest absolute Gasteiger partial charge is 0.295 e. The van der Waals surface area contributed by atoms with Crippen LogP contribution in [0.25, 0.3) is 5.76 Å². The third-order valence-electron chi connectivity index (χ3n) is 6.36. The summed E-state index contributed by atoms with van der Waals surface area (Å²) in [6, 6.07) is 13.8. The van der Waals surface area contributed by atoms with Gasteiger partial charge in [-0.2, -0.15) is 0 Å². The molecule has 1 atom stereocenters. The topological polar surface area (TPSA) is 79.3 Å². The van der Waals surface area contributed by atoms with E-state index in [1.807, 2.05) is 24.3 Å². The predicted molar refractivity (Wildman–Crippen MR) is 137 cm³/mol. The molecule has 2 heterocycles. The maximum Gasteiger partial charge on any atom is 0.295 e. The van der Waals surface area contributed by atoms with Gasteiger partial charge in [0.1, 0.15) is 11.5 Å². The molecule has 0 spiro atoms. The molecular weight excluding hydrogens is 512 g/mol. The van der Waals surface area contributed by atoms with Gasteiger partial charge in [-0.05, 0) is 48.4 Å². The highest BCUT2D eigenvalue weighted by Crippen LogP contribution is 2.40. The number of aliphatic hydroxyl groups is 1. The lowest BCUT2D eigenvalue weighted by molar-refractivity contribution is -0.140. The Hall–Kier alpha value is -2.68. The van der Waals surface area contributed by atoms with E-state index in [2.05, 4.69) is 27.8 Å². The summed E-state index contributed by atoms with van der Waals surface area (Å²) in [5.74, 6) is -0.742. The van der Waals surface area contributed by atoms with E-state index >= 15 is 0 Å². The fourth-order valence-corrected chi connectivity index (χ4v) is 4.82. The van der Waals surface area contributed by atoms with Crippen molar-refractivity contribution in [3.05, 3.63) is 69.7 Å². The number of rotatable bonds is 9. The van der Waals surface area contributed by atoms with Gasteiger partial charge in [0.15, 0.2) is 0 Å². The van der Waals surface area contributed by atoms with Crippen molar-refractivity contribution in [1.29, 1.82) is 0 Å². The largest absolute Gasteiger partial charge is 0.507 e. The summed E-state index contributed by atoms with van der Waals surface area (Å²) in [4.78, 5) is 30.2. The van der Waals surface area contributed by atoms with Gasteiger partial charge in [-0.3, -0.25) is 14.5 Å². The van der Waals surface area contributed by atoms with Crippen LogP contribution in [-0.2, 0) is 14.3 Å². The molecule has 1 N–H and O–H groups in total. The fourth-order valence-electron chi connectivity index (χ4n) is 4.41. The molecule has 2 saturated heterocycles. The Labute approximate surface area is 214 Å². The number of carbonyl (C=O) groups excluding carboxylic acids is 2. The van der Waals surface area contributed by atoms with E-state index in [1.165, 1.54) is 0 Å². The molecule has 0 aromatic heterocycles. The average Bonchev–Trinajstić information content (AvgIpc) is 3.13. The van der Waals surface area contributed by atoms with E-state index in [9.17, 15) is 14.7 Å². The van der Waals surface area contributed by atoms with Gasteiger partial charge < -0.3 is 19.5 Å². The normalized spacial score (nSPS) is 20.4. The molecule has 35 heavy (non-hydrogen) atoms. The standard InChI is InChI=1S/C27H31BrN2O5/c1-2-3-15-35-22-9-7-19(8-10-22)25(31)23-24(20-5-4-6-21(28)18-20)30(27(33)26(23)32)12-11-29-13-16-34-17-14-29/h4-10,18,24,31H,2-3,11-17H2,1H3/b25-23+. The van der Waals surface area contributed by atoms with Crippen LogP contribution in [0.1, 0.15) is 36.9 Å². The van der Waals surface area contributed by atoms with Crippen molar-refractivity contribution in [2.24, 2.45) is 0 Å². The van der Waals surface area contributed by atoms with Gasteiger partial charge in [0.2, 0.25) is 0 Å². The summed E-state index contributed by atoms with van der Waals surface area (Å²) in [6.45, 7) is 6.63. The van der Waals surface area contributed by atoms with Crippen molar-refractivity contribution < 1.29 is 24.2 Å². The summed E-state index contributed by atoms with van der Waals surface area (Å²) in [7, 11) is 0. The van der Waals surface area contributed by atoms with Gasteiger partial charge in [-0.15, -0.1) is 0 Å². The third-order valence-corrected chi connectivity index (χ3v) is 6.85. The number of hydrogen-bond donors (Lipinski definition) is 1. The van der Waals surface area contributed by atoms with Gasteiger partial charge >= 0.3 is 0 Å². The van der Waals surface area contributed by atoms with Crippen LogP contribution in [0, 0.1) is 0 Å². The molecule has 186 valence electrons. The van der Waals surface area contributed by atoms with E-state index in [-0.39, 0.29) is 11.3 Å². The van der Waals surface area contributed by atoms with Gasteiger partial charge in [0.05, 0.1) is 31.4 Å². The zero-order chi connectivity index (χ0) is 24.8. The van der Waals surface area contributed by atoms with Crippen LogP contribution in [-0.4, -0.2) is 72.6 Å². The number of likely N-dealkylation sites (tertiary alicyclic amines) is 1. The number of amides is 1. The van der Waals surface area contributed by atoms with Crippen LogP contribution >= 0.6 is 15.9 Å².